The van der Waals surface area contributed by atoms with Gasteiger partial charge in [-0.2, -0.15) is 4.31 Å². The largest absolute Gasteiger partial charge is 0.497 e. The Morgan fingerprint density at radius 2 is 1.81 bits per heavy atom. The highest BCUT2D eigenvalue weighted by Crippen LogP contribution is 2.36. The third-order valence-corrected chi connectivity index (χ3v) is 8.55. The van der Waals surface area contributed by atoms with E-state index in [1.807, 2.05) is 0 Å². The van der Waals surface area contributed by atoms with E-state index in [4.69, 9.17) is 21.2 Å². The van der Waals surface area contributed by atoms with E-state index in [1.165, 1.54) is 23.5 Å². The van der Waals surface area contributed by atoms with Gasteiger partial charge in [0.05, 0.1) is 12.0 Å². The quantitative estimate of drug-likeness (QED) is 0.530. The zero-order chi connectivity index (χ0) is 25.9. The number of halogens is 1. The number of rotatable bonds is 8. The van der Waals surface area contributed by atoms with Gasteiger partial charge in [0, 0.05) is 43.8 Å². The minimum absolute atomic E-state index is 0.0791. The van der Waals surface area contributed by atoms with E-state index in [0.717, 1.165) is 0 Å². The van der Waals surface area contributed by atoms with Gasteiger partial charge in [0.15, 0.2) is 0 Å². The summed E-state index contributed by atoms with van der Waals surface area (Å²) in [4.78, 5) is 30.3. The molecule has 1 atom stereocenters. The van der Waals surface area contributed by atoms with Crippen molar-refractivity contribution in [3.05, 3.63) is 59.1 Å². The fourth-order valence-corrected chi connectivity index (χ4v) is 5.81. The summed E-state index contributed by atoms with van der Waals surface area (Å²) >= 11 is 5.87. The molecule has 1 saturated heterocycles. The van der Waals surface area contributed by atoms with Crippen molar-refractivity contribution in [3.8, 4) is 5.75 Å². The predicted molar refractivity (Wildman–Crippen MR) is 132 cm³/mol. The highest BCUT2D eigenvalue weighted by molar-refractivity contribution is 7.89. The van der Waals surface area contributed by atoms with Crippen LogP contribution in [0.25, 0.3) is 0 Å². The van der Waals surface area contributed by atoms with Crippen LogP contribution >= 0.6 is 11.6 Å². The van der Waals surface area contributed by atoms with Crippen molar-refractivity contribution >= 4 is 39.2 Å². The number of carbonyl (C=O) groups excluding carboxylic acids is 1. The van der Waals surface area contributed by atoms with E-state index in [-0.39, 0.29) is 36.5 Å². The second-order valence-electron chi connectivity index (χ2n) is 8.76. The van der Waals surface area contributed by atoms with Crippen LogP contribution in [0.4, 0.5) is 0 Å². The summed E-state index contributed by atoms with van der Waals surface area (Å²) < 4.78 is 32.5. The fraction of sp³-hybridized carbons (Fsp3) is 0.375. The number of nitrogens with zero attached hydrogens (tertiary/aromatic N) is 2. The van der Waals surface area contributed by atoms with E-state index in [0.29, 0.717) is 29.2 Å². The van der Waals surface area contributed by atoms with Gasteiger partial charge >= 0.3 is 5.97 Å². The van der Waals surface area contributed by atoms with Crippen molar-refractivity contribution in [3.63, 3.8) is 0 Å². The number of hydrogen-bond acceptors (Lipinski definition) is 7. The normalized spacial score (nSPS) is 18.2. The number of carbonyl (C=O) groups is 2. The summed E-state index contributed by atoms with van der Waals surface area (Å²) in [6.45, 7) is 0.403. The second-order valence-corrected chi connectivity index (χ2v) is 11.1. The Balaban J connectivity index is 1.34. The maximum Gasteiger partial charge on any atom is 0.326 e. The topological polar surface area (TPSA) is 135 Å². The van der Waals surface area contributed by atoms with Crippen molar-refractivity contribution in [2.24, 2.45) is 5.16 Å². The lowest BCUT2D eigenvalue weighted by molar-refractivity contribution is -0.141. The average Bonchev–Trinajstić information content (AvgIpc) is 3.28. The summed E-state index contributed by atoms with van der Waals surface area (Å²) in [6, 6.07) is 11.7. The first-order valence-electron chi connectivity index (χ1n) is 11.3. The number of carboxylic acid groups (broad SMARTS) is 1. The molecule has 192 valence electrons. The molecule has 0 bridgehead atoms. The van der Waals surface area contributed by atoms with Crippen LogP contribution < -0.4 is 10.1 Å². The highest BCUT2D eigenvalue weighted by atomic mass is 35.5. The Kier molecular flexibility index (Phi) is 7.53. The molecule has 2 N–H and O–H groups in total. The summed E-state index contributed by atoms with van der Waals surface area (Å²) in [5.41, 5.74) is -0.00419. The number of ether oxygens (including phenoxy) is 1. The molecule has 1 unspecified atom stereocenters. The summed E-state index contributed by atoms with van der Waals surface area (Å²) in [5.74, 6) is -1.24. The molecule has 1 fully saturated rings. The van der Waals surface area contributed by atoms with E-state index in [2.05, 4.69) is 10.5 Å². The molecular weight excluding hydrogens is 510 g/mol. The Hall–Kier alpha value is -3.15. The second kappa shape index (κ2) is 10.5. The van der Waals surface area contributed by atoms with Gasteiger partial charge in [-0.05, 0) is 42.0 Å². The molecule has 36 heavy (non-hydrogen) atoms. The Labute approximate surface area is 213 Å². The molecular formula is C24H26ClN3O7S. The molecule has 0 saturated carbocycles. The molecule has 0 aliphatic carbocycles. The number of benzene rings is 2. The third-order valence-electron chi connectivity index (χ3n) is 6.39. The number of hydrogen-bond donors (Lipinski definition) is 2. The molecule has 2 aliphatic heterocycles. The summed E-state index contributed by atoms with van der Waals surface area (Å²) in [7, 11) is -2.18. The number of sulfonamides is 1. The maximum atomic E-state index is 13.0. The van der Waals surface area contributed by atoms with Gasteiger partial charge in [0.2, 0.25) is 10.0 Å². The molecule has 12 heteroatoms. The molecule has 4 rings (SSSR count). The molecule has 1 spiro atoms. The lowest BCUT2D eigenvalue weighted by Crippen LogP contribution is -2.48. The van der Waals surface area contributed by atoms with Gasteiger partial charge in [-0.1, -0.05) is 28.9 Å². The SMILES string of the molecule is COc1ccc(S(=O)(=O)N2CCC3(CC2)CC(C(=O)NC(Cc2ccc(Cl)cc2)C(=O)O)=NO3)cc1. The first kappa shape index (κ1) is 25.9. The molecule has 2 heterocycles. The molecule has 1 amide bonds. The fourth-order valence-electron chi connectivity index (χ4n) is 4.24. The average molecular weight is 536 g/mol. The Morgan fingerprint density at radius 3 is 2.39 bits per heavy atom. The first-order valence-corrected chi connectivity index (χ1v) is 13.1. The molecule has 2 aliphatic rings. The first-order chi connectivity index (χ1) is 17.1. The number of methoxy groups -OCH3 is 1. The number of nitrogens with one attached hydrogen (secondary N) is 1. The third kappa shape index (κ3) is 5.63. The number of aliphatic carboxylic acids is 1. The van der Waals surface area contributed by atoms with Gasteiger partial charge in [0.25, 0.3) is 5.91 Å². The van der Waals surface area contributed by atoms with Crippen LogP contribution in [0.5, 0.6) is 5.75 Å². The number of piperidine rings is 1. The minimum atomic E-state index is -3.69. The van der Waals surface area contributed by atoms with Crippen molar-refractivity contribution in [2.45, 2.75) is 42.2 Å². The van der Waals surface area contributed by atoms with Gasteiger partial charge in [-0.15, -0.1) is 0 Å². The van der Waals surface area contributed by atoms with Crippen LogP contribution in [-0.4, -0.2) is 67.3 Å². The Bertz CT molecular complexity index is 1260. The van der Waals surface area contributed by atoms with Crippen LogP contribution in [0.15, 0.2) is 58.6 Å². The summed E-state index contributed by atoms with van der Waals surface area (Å²) in [5, 5.41) is 16.5. The maximum absolute atomic E-state index is 13.0. The lowest BCUT2D eigenvalue weighted by atomic mass is 9.87. The van der Waals surface area contributed by atoms with E-state index < -0.39 is 33.5 Å². The van der Waals surface area contributed by atoms with Gasteiger partial charge in [0.1, 0.15) is 23.1 Å². The zero-order valence-electron chi connectivity index (χ0n) is 19.5. The monoisotopic (exact) mass is 535 g/mol. The van der Waals surface area contributed by atoms with Gasteiger partial charge in [-0.3, -0.25) is 4.79 Å². The number of carboxylic acids is 1. The van der Waals surface area contributed by atoms with Gasteiger partial charge < -0.3 is 20.0 Å². The van der Waals surface area contributed by atoms with Crippen LogP contribution in [0.3, 0.4) is 0 Å². The van der Waals surface area contributed by atoms with Crippen molar-refractivity contribution in [2.75, 3.05) is 20.2 Å². The molecule has 0 radical (unpaired) electrons. The van der Waals surface area contributed by atoms with E-state index in [9.17, 15) is 23.1 Å². The minimum Gasteiger partial charge on any atom is -0.497 e. The van der Waals surface area contributed by atoms with Crippen LogP contribution in [0.2, 0.25) is 5.02 Å². The molecule has 0 aromatic heterocycles. The Morgan fingerprint density at radius 1 is 1.17 bits per heavy atom. The van der Waals surface area contributed by atoms with Crippen LogP contribution in [-0.2, 0) is 30.9 Å². The highest BCUT2D eigenvalue weighted by Gasteiger charge is 2.46. The van der Waals surface area contributed by atoms with Gasteiger partial charge in [-0.25, -0.2) is 13.2 Å². The lowest BCUT2D eigenvalue weighted by Gasteiger charge is -2.36. The van der Waals surface area contributed by atoms with Crippen molar-refractivity contribution in [1.29, 1.82) is 0 Å². The van der Waals surface area contributed by atoms with E-state index >= 15 is 0 Å². The van der Waals surface area contributed by atoms with Crippen molar-refractivity contribution < 1.29 is 32.7 Å². The van der Waals surface area contributed by atoms with Crippen molar-refractivity contribution in [1.82, 2.24) is 9.62 Å². The van der Waals surface area contributed by atoms with Crippen LogP contribution in [0.1, 0.15) is 24.8 Å². The molecule has 10 nitrogen and oxygen atoms in total. The number of oxime groups is 1. The number of amides is 1. The van der Waals surface area contributed by atoms with E-state index in [1.54, 1.807) is 36.4 Å². The predicted octanol–water partition coefficient (Wildman–Crippen LogP) is 2.46. The van der Waals surface area contributed by atoms with Crippen LogP contribution in [0, 0.1) is 0 Å². The molecule has 2 aromatic carbocycles. The summed E-state index contributed by atoms with van der Waals surface area (Å²) in [6.07, 6.45) is 0.934. The standard InChI is InChI=1S/C24H26ClN3O7S/c1-34-18-6-8-19(9-7-18)36(32,33)28-12-10-24(11-13-28)15-21(27-35-24)22(29)26-20(23(30)31)14-16-2-4-17(25)5-3-16/h2-9,20H,10-15H2,1H3,(H,26,29)(H,30,31). The molecule has 2 aromatic rings. The zero-order valence-corrected chi connectivity index (χ0v) is 21.1. The smallest absolute Gasteiger partial charge is 0.326 e.